The van der Waals surface area contributed by atoms with Crippen molar-refractivity contribution in [3.05, 3.63) is 64.4 Å². The first-order valence-corrected chi connectivity index (χ1v) is 6.21. The van der Waals surface area contributed by atoms with Crippen molar-refractivity contribution >= 4 is 16.7 Å². The fourth-order valence-electron chi connectivity index (χ4n) is 2.01. The van der Waals surface area contributed by atoms with Crippen molar-refractivity contribution in [1.29, 1.82) is 0 Å². The molecule has 0 bridgehead atoms. The van der Waals surface area contributed by atoms with Crippen molar-refractivity contribution in [2.45, 2.75) is 6.61 Å². The second-order valence-electron chi connectivity index (χ2n) is 4.45. The number of ether oxygens (including phenoxy) is 1. The molecule has 0 spiro atoms. The molecule has 1 heterocycles. The Kier molecular flexibility index (Phi) is 3.19. The normalized spacial score (nSPS) is 10.7. The summed E-state index contributed by atoms with van der Waals surface area (Å²) in [4.78, 5) is 9.91. The predicted octanol–water partition coefficient (Wildman–Crippen LogP) is 3.63. The largest absolute Gasteiger partial charge is 0.504 e. The molecule has 21 heavy (non-hydrogen) atoms. The average molecular weight is 285 g/mol. The molecule has 0 aliphatic carbocycles. The van der Waals surface area contributed by atoms with Crippen LogP contribution < -0.4 is 4.74 Å². The minimum Gasteiger partial charge on any atom is -0.504 e. The Balaban J connectivity index is 1.80. The summed E-state index contributed by atoms with van der Waals surface area (Å²) in [5.74, 6) is 0.285. The van der Waals surface area contributed by atoms with Crippen molar-refractivity contribution in [2.24, 2.45) is 0 Å². The molecule has 106 valence electrons. The van der Waals surface area contributed by atoms with Gasteiger partial charge >= 0.3 is 5.88 Å². The first-order valence-electron chi connectivity index (χ1n) is 6.21. The molecule has 0 aliphatic rings. The van der Waals surface area contributed by atoms with Gasteiger partial charge in [0.05, 0.1) is 6.07 Å². The van der Waals surface area contributed by atoms with E-state index in [0.717, 1.165) is 10.8 Å². The summed E-state index contributed by atoms with van der Waals surface area (Å²) in [6.45, 7) is -0.000258. The van der Waals surface area contributed by atoms with Crippen molar-refractivity contribution in [3.63, 3.8) is 0 Å². The number of phenolic OH excluding ortho intramolecular Hbond substituents is 1. The summed E-state index contributed by atoms with van der Waals surface area (Å²) in [5, 5.41) is 22.3. The minimum atomic E-state index is -0.614. The number of furan rings is 1. The zero-order valence-corrected chi connectivity index (χ0v) is 10.9. The van der Waals surface area contributed by atoms with Gasteiger partial charge in [0, 0.05) is 0 Å². The number of rotatable bonds is 4. The van der Waals surface area contributed by atoms with Crippen LogP contribution in [-0.2, 0) is 6.61 Å². The zero-order valence-electron chi connectivity index (χ0n) is 10.9. The smallest absolute Gasteiger partial charge is 0.433 e. The van der Waals surface area contributed by atoms with Gasteiger partial charge < -0.3 is 14.3 Å². The van der Waals surface area contributed by atoms with E-state index in [0.29, 0.717) is 11.5 Å². The van der Waals surface area contributed by atoms with Crippen LogP contribution in [0.4, 0.5) is 5.88 Å². The highest BCUT2D eigenvalue weighted by molar-refractivity contribution is 5.85. The standard InChI is InChI=1S/C15H11NO5/c17-13-7-10-3-1-2-4-11(10)8-14(13)20-9-12-5-6-15(21-12)16(18)19/h1-8,17H,9H2. The molecule has 0 saturated heterocycles. The Morgan fingerprint density at radius 1 is 1.14 bits per heavy atom. The molecule has 1 N–H and O–H groups in total. The molecule has 0 atom stereocenters. The van der Waals surface area contributed by atoms with Gasteiger partial charge in [-0.2, -0.15) is 0 Å². The van der Waals surface area contributed by atoms with Gasteiger partial charge in [-0.25, -0.2) is 0 Å². The quantitative estimate of drug-likeness (QED) is 0.584. The summed E-state index contributed by atoms with van der Waals surface area (Å²) in [7, 11) is 0. The molecule has 0 fully saturated rings. The van der Waals surface area contributed by atoms with E-state index in [4.69, 9.17) is 9.15 Å². The van der Waals surface area contributed by atoms with Crippen LogP contribution in [-0.4, -0.2) is 10.0 Å². The molecule has 3 rings (SSSR count). The summed E-state index contributed by atoms with van der Waals surface area (Å²) in [6.07, 6.45) is 0. The Bertz CT molecular complexity index is 809. The van der Waals surface area contributed by atoms with Gasteiger partial charge in [-0.3, -0.25) is 10.1 Å². The van der Waals surface area contributed by atoms with Crippen LogP contribution in [0.3, 0.4) is 0 Å². The van der Waals surface area contributed by atoms with E-state index >= 15 is 0 Å². The lowest BCUT2D eigenvalue weighted by Gasteiger charge is -2.08. The second-order valence-corrected chi connectivity index (χ2v) is 4.45. The van der Waals surface area contributed by atoms with Crippen LogP contribution in [0.1, 0.15) is 5.76 Å². The van der Waals surface area contributed by atoms with E-state index in [1.54, 1.807) is 12.1 Å². The highest BCUT2D eigenvalue weighted by Crippen LogP contribution is 2.32. The number of nitro groups is 1. The number of nitrogens with zero attached hydrogens (tertiary/aromatic N) is 1. The Morgan fingerprint density at radius 2 is 1.86 bits per heavy atom. The van der Waals surface area contributed by atoms with Gasteiger partial charge in [0.25, 0.3) is 0 Å². The summed E-state index contributed by atoms with van der Waals surface area (Å²) in [5.41, 5.74) is 0. The van der Waals surface area contributed by atoms with Gasteiger partial charge in [-0.15, -0.1) is 0 Å². The van der Waals surface area contributed by atoms with Gasteiger partial charge in [-0.05, 0) is 29.0 Å². The molecule has 0 amide bonds. The SMILES string of the molecule is O=[N+]([O-])c1ccc(COc2cc3ccccc3cc2O)o1. The second kappa shape index (κ2) is 5.16. The zero-order chi connectivity index (χ0) is 14.8. The molecular weight excluding hydrogens is 274 g/mol. The molecular formula is C15H11NO5. The van der Waals surface area contributed by atoms with Crippen LogP contribution in [0, 0.1) is 10.1 Å². The highest BCUT2D eigenvalue weighted by Gasteiger charge is 2.13. The molecule has 1 aromatic heterocycles. The van der Waals surface area contributed by atoms with E-state index in [1.807, 2.05) is 24.3 Å². The summed E-state index contributed by atoms with van der Waals surface area (Å²) in [6, 6.07) is 13.6. The average Bonchev–Trinajstić information content (AvgIpc) is 2.94. The highest BCUT2D eigenvalue weighted by atomic mass is 16.6. The van der Waals surface area contributed by atoms with E-state index in [2.05, 4.69) is 0 Å². The van der Waals surface area contributed by atoms with Crippen LogP contribution in [0.5, 0.6) is 11.5 Å². The number of hydrogen-bond acceptors (Lipinski definition) is 5. The molecule has 0 saturated carbocycles. The maximum Gasteiger partial charge on any atom is 0.433 e. The van der Waals surface area contributed by atoms with Crippen LogP contribution in [0.25, 0.3) is 10.8 Å². The van der Waals surface area contributed by atoms with Crippen molar-refractivity contribution in [3.8, 4) is 11.5 Å². The third kappa shape index (κ3) is 2.64. The first kappa shape index (κ1) is 13.0. The molecule has 0 radical (unpaired) electrons. The van der Waals surface area contributed by atoms with E-state index in [-0.39, 0.29) is 18.2 Å². The van der Waals surface area contributed by atoms with E-state index in [1.165, 1.54) is 12.1 Å². The third-order valence-corrected chi connectivity index (χ3v) is 3.02. The third-order valence-electron chi connectivity index (χ3n) is 3.02. The lowest BCUT2D eigenvalue weighted by Crippen LogP contribution is -1.94. The molecule has 6 heteroatoms. The van der Waals surface area contributed by atoms with Crippen LogP contribution >= 0.6 is 0 Å². The molecule has 0 unspecified atom stereocenters. The van der Waals surface area contributed by atoms with E-state index < -0.39 is 4.92 Å². The number of benzene rings is 2. The molecule has 3 aromatic rings. The molecule has 2 aromatic carbocycles. The lowest BCUT2D eigenvalue weighted by atomic mass is 10.1. The number of hydrogen-bond donors (Lipinski definition) is 1. The minimum absolute atomic E-state index is 0.000258. The number of fused-ring (bicyclic) bond motifs is 1. The fourth-order valence-corrected chi connectivity index (χ4v) is 2.01. The fraction of sp³-hybridized carbons (Fsp3) is 0.0667. The summed E-state index contributed by atoms with van der Waals surface area (Å²) < 4.78 is 10.4. The Labute approximate surface area is 119 Å². The summed E-state index contributed by atoms with van der Waals surface area (Å²) >= 11 is 0. The topological polar surface area (TPSA) is 85.7 Å². The number of aromatic hydroxyl groups is 1. The van der Waals surface area contributed by atoms with Gasteiger partial charge in [0.2, 0.25) is 0 Å². The van der Waals surface area contributed by atoms with Crippen molar-refractivity contribution in [1.82, 2.24) is 0 Å². The molecule has 0 aliphatic heterocycles. The van der Waals surface area contributed by atoms with Crippen molar-refractivity contribution < 1.29 is 19.2 Å². The Hall–Kier alpha value is -3.02. The van der Waals surface area contributed by atoms with Crippen LogP contribution in [0.15, 0.2) is 52.9 Å². The lowest BCUT2D eigenvalue weighted by molar-refractivity contribution is -0.402. The molecule has 6 nitrogen and oxygen atoms in total. The monoisotopic (exact) mass is 285 g/mol. The van der Waals surface area contributed by atoms with E-state index in [9.17, 15) is 15.2 Å². The predicted molar refractivity (Wildman–Crippen MR) is 75.3 cm³/mol. The van der Waals surface area contributed by atoms with Gasteiger partial charge in [0.1, 0.15) is 17.3 Å². The van der Waals surface area contributed by atoms with Gasteiger partial charge in [0.15, 0.2) is 11.5 Å². The Morgan fingerprint density at radius 3 is 2.52 bits per heavy atom. The first-order chi connectivity index (χ1) is 10.1. The van der Waals surface area contributed by atoms with Crippen molar-refractivity contribution in [2.75, 3.05) is 0 Å². The van der Waals surface area contributed by atoms with Crippen LogP contribution in [0.2, 0.25) is 0 Å². The maximum atomic E-state index is 10.5. The number of phenols is 1. The maximum absolute atomic E-state index is 10.5. The van der Waals surface area contributed by atoms with Gasteiger partial charge in [-0.1, -0.05) is 24.3 Å².